The number of aliphatic carboxylic acids is 1. The molecule has 6 nitrogen and oxygen atoms in total. The zero-order valence-electron chi connectivity index (χ0n) is 14.9. The van der Waals surface area contributed by atoms with E-state index in [1.165, 1.54) is 0 Å². The minimum Gasteiger partial charge on any atom is -0.481 e. The summed E-state index contributed by atoms with van der Waals surface area (Å²) in [6, 6.07) is 0. The molecule has 22 heavy (non-hydrogen) atoms. The second kappa shape index (κ2) is 8.36. The number of carbonyl (C=O) groups is 2. The third kappa shape index (κ3) is 7.11. The molecule has 0 heterocycles. The lowest BCUT2D eigenvalue weighted by atomic mass is 9.74. The quantitative estimate of drug-likeness (QED) is 0.718. The summed E-state index contributed by atoms with van der Waals surface area (Å²) in [5, 5.41) is 12.2. The van der Waals surface area contributed by atoms with Crippen LogP contribution in [-0.2, 0) is 14.3 Å². The summed E-state index contributed by atoms with van der Waals surface area (Å²) in [6.45, 7) is 13.1. The highest BCUT2D eigenvalue weighted by Crippen LogP contribution is 2.32. The minimum absolute atomic E-state index is 0.0103. The number of ether oxygens (including phenoxy) is 2. The first-order valence-corrected chi connectivity index (χ1v) is 7.72. The highest BCUT2D eigenvalue weighted by molar-refractivity contribution is 5.76. The largest absolute Gasteiger partial charge is 0.481 e. The summed E-state index contributed by atoms with van der Waals surface area (Å²) in [6.07, 6.45) is -0.241. The highest BCUT2D eigenvalue weighted by atomic mass is 16.6. The van der Waals surface area contributed by atoms with Crippen LogP contribution in [0.2, 0.25) is 0 Å². The van der Waals surface area contributed by atoms with Crippen molar-refractivity contribution in [3.63, 3.8) is 0 Å². The molecule has 0 radical (unpaired) electrons. The summed E-state index contributed by atoms with van der Waals surface area (Å²) >= 11 is 0. The third-order valence-corrected chi connectivity index (χ3v) is 3.48. The molecule has 0 aliphatic heterocycles. The van der Waals surface area contributed by atoms with Crippen molar-refractivity contribution < 1.29 is 24.2 Å². The second-order valence-electron chi connectivity index (χ2n) is 7.14. The molecule has 1 unspecified atom stereocenters. The summed E-state index contributed by atoms with van der Waals surface area (Å²) in [5.74, 6) is -1.10. The first-order chi connectivity index (χ1) is 9.90. The topological polar surface area (TPSA) is 84.9 Å². The van der Waals surface area contributed by atoms with Crippen LogP contribution >= 0.6 is 0 Å². The van der Waals surface area contributed by atoms with Crippen LogP contribution in [0.25, 0.3) is 0 Å². The lowest BCUT2D eigenvalue weighted by Crippen LogP contribution is -2.48. The Labute approximate surface area is 133 Å². The van der Waals surface area contributed by atoms with Gasteiger partial charge in [0.2, 0.25) is 0 Å². The molecular formula is C16H31NO5. The number of hydrogen-bond donors (Lipinski definition) is 2. The van der Waals surface area contributed by atoms with Crippen molar-refractivity contribution in [2.24, 2.45) is 11.3 Å². The normalized spacial score (nSPS) is 14.8. The predicted octanol–water partition coefficient (Wildman–Crippen LogP) is 3.05. The molecular weight excluding hydrogens is 286 g/mol. The van der Waals surface area contributed by atoms with Crippen LogP contribution in [-0.4, -0.2) is 42.0 Å². The van der Waals surface area contributed by atoms with Crippen molar-refractivity contribution in [1.82, 2.24) is 5.32 Å². The van der Waals surface area contributed by atoms with Gasteiger partial charge in [0.25, 0.3) is 0 Å². The molecule has 0 aliphatic carbocycles. The standard InChI is InChI=1S/C16H31NO5/c1-11(2)16(13(18)19,8-9-21-12(3)4)10-17-14(20)22-15(5,6)7/h11-12H,8-10H2,1-7H3,(H,17,20)(H,18,19). The second-order valence-corrected chi connectivity index (χ2v) is 7.14. The van der Waals surface area contributed by atoms with Gasteiger partial charge in [-0.25, -0.2) is 4.79 Å². The summed E-state index contributed by atoms with van der Waals surface area (Å²) in [7, 11) is 0. The summed E-state index contributed by atoms with van der Waals surface area (Å²) in [5.41, 5.74) is -1.69. The average Bonchev–Trinajstić information content (AvgIpc) is 2.29. The molecule has 2 N–H and O–H groups in total. The molecule has 0 aromatic carbocycles. The highest BCUT2D eigenvalue weighted by Gasteiger charge is 2.42. The van der Waals surface area contributed by atoms with Crippen LogP contribution in [0.15, 0.2) is 0 Å². The first-order valence-electron chi connectivity index (χ1n) is 7.72. The van der Waals surface area contributed by atoms with Gasteiger partial charge < -0.3 is 19.9 Å². The molecule has 1 amide bonds. The summed E-state index contributed by atoms with van der Waals surface area (Å²) in [4.78, 5) is 23.6. The Bertz CT molecular complexity index is 373. The number of hydrogen-bond acceptors (Lipinski definition) is 4. The van der Waals surface area contributed by atoms with Crippen molar-refractivity contribution in [1.29, 1.82) is 0 Å². The smallest absolute Gasteiger partial charge is 0.407 e. The van der Waals surface area contributed by atoms with Crippen LogP contribution in [0.5, 0.6) is 0 Å². The fourth-order valence-electron chi connectivity index (χ4n) is 2.03. The Morgan fingerprint density at radius 3 is 2.05 bits per heavy atom. The van der Waals surface area contributed by atoms with Crippen LogP contribution in [0, 0.1) is 11.3 Å². The van der Waals surface area contributed by atoms with Gasteiger partial charge >= 0.3 is 12.1 Å². The molecule has 0 rings (SSSR count). The fourth-order valence-corrected chi connectivity index (χ4v) is 2.03. The van der Waals surface area contributed by atoms with Crippen molar-refractivity contribution in [3.05, 3.63) is 0 Å². The van der Waals surface area contributed by atoms with Gasteiger partial charge in [0.15, 0.2) is 0 Å². The van der Waals surface area contributed by atoms with Gasteiger partial charge in [-0.1, -0.05) is 13.8 Å². The predicted molar refractivity (Wildman–Crippen MR) is 84.8 cm³/mol. The molecule has 0 saturated carbocycles. The maximum Gasteiger partial charge on any atom is 0.407 e. The maximum absolute atomic E-state index is 11.8. The van der Waals surface area contributed by atoms with Crippen LogP contribution in [0.1, 0.15) is 54.9 Å². The van der Waals surface area contributed by atoms with Crippen molar-refractivity contribution in [3.8, 4) is 0 Å². The van der Waals surface area contributed by atoms with E-state index in [1.807, 2.05) is 27.7 Å². The summed E-state index contributed by atoms with van der Waals surface area (Å²) < 4.78 is 10.6. The van der Waals surface area contributed by atoms with Gasteiger partial charge in [-0.2, -0.15) is 0 Å². The van der Waals surface area contributed by atoms with Crippen LogP contribution < -0.4 is 5.32 Å². The van der Waals surface area contributed by atoms with Crippen LogP contribution in [0.3, 0.4) is 0 Å². The number of nitrogens with one attached hydrogen (secondary N) is 1. The lowest BCUT2D eigenvalue weighted by Gasteiger charge is -2.34. The zero-order chi connectivity index (χ0) is 17.6. The van der Waals surface area contributed by atoms with E-state index in [0.717, 1.165) is 0 Å². The molecule has 130 valence electrons. The maximum atomic E-state index is 11.8. The fraction of sp³-hybridized carbons (Fsp3) is 0.875. The van der Waals surface area contributed by atoms with Gasteiger partial charge in [-0.15, -0.1) is 0 Å². The number of carboxylic acid groups (broad SMARTS) is 1. The average molecular weight is 317 g/mol. The van der Waals surface area contributed by atoms with Gasteiger partial charge in [-0.05, 0) is 47.0 Å². The van der Waals surface area contributed by atoms with E-state index < -0.39 is 23.1 Å². The molecule has 0 fully saturated rings. The van der Waals surface area contributed by atoms with Gasteiger partial charge in [0.05, 0.1) is 11.5 Å². The monoisotopic (exact) mass is 317 g/mol. The van der Waals surface area contributed by atoms with E-state index >= 15 is 0 Å². The van der Waals surface area contributed by atoms with Crippen molar-refractivity contribution >= 4 is 12.1 Å². The molecule has 1 atom stereocenters. The Hall–Kier alpha value is -1.30. The van der Waals surface area contributed by atoms with Crippen LogP contribution in [0.4, 0.5) is 4.79 Å². The SMILES string of the molecule is CC(C)OCCC(CNC(=O)OC(C)(C)C)(C(=O)O)C(C)C. The first kappa shape index (κ1) is 20.7. The molecule has 6 heteroatoms. The number of rotatable bonds is 8. The van der Waals surface area contributed by atoms with E-state index in [1.54, 1.807) is 20.8 Å². The Balaban J connectivity index is 4.86. The zero-order valence-corrected chi connectivity index (χ0v) is 14.9. The molecule has 0 aliphatic rings. The minimum atomic E-state index is -1.08. The van der Waals surface area contributed by atoms with Gasteiger partial charge in [0, 0.05) is 13.2 Å². The van der Waals surface area contributed by atoms with Crippen molar-refractivity contribution in [2.45, 2.75) is 66.6 Å². The van der Waals surface area contributed by atoms with E-state index in [9.17, 15) is 14.7 Å². The van der Waals surface area contributed by atoms with E-state index in [0.29, 0.717) is 13.0 Å². The lowest BCUT2D eigenvalue weighted by molar-refractivity contribution is -0.153. The number of alkyl carbamates (subject to hydrolysis) is 1. The molecule has 0 saturated heterocycles. The van der Waals surface area contributed by atoms with Gasteiger partial charge in [-0.3, -0.25) is 4.79 Å². The molecule has 0 bridgehead atoms. The number of carbonyl (C=O) groups excluding carboxylic acids is 1. The Morgan fingerprint density at radius 2 is 1.68 bits per heavy atom. The molecule has 0 aromatic heterocycles. The number of amides is 1. The van der Waals surface area contributed by atoms with Gasteiger partial charge in [0.1, 0.15) is 5.60 Å². The number of carboxylic acids is 1. The molecule has 0 aromatic rings. The molecule has 0 spiro atoms. The van der Waals surface area contributed by atoms with E-state index in [4.69, 9.17) is 9.47 Å². The van der Waals surface area contributed by atoms with Crippen molar-refractivity contribution in [2.75, 3.05) is 13.2 Å². The third-order valence-electron chi connectivity index (χ3n) is 3.48. The van der Waals surface area contributed by atoms with E-state index in [-0.39, 0.29) is 18.6 Å². The van der Waals surface area contributed by atoms with E-state index in [2.05, 4.69) is 5.32 Å². The Kier molecular flexibility index (Phi) is 7.87. The Morgan fingerprint density at radius 1 is 1.14 bits per heavy atom.